The molecule has 1 fully saturated rings. The van der Waals surface area contributed by atoms with Crippen LogP contribution in [0.5, 0.6) is 0 Å². The molecule has 2 aromatic rings. The van der Waals surface area contributed by atoms with Gasteiger partial charge in [-0.3, -0.25) is 14.4 Å². The minimum absolute atomic E-state index is 0.00910. The van der Waals surface area contributed by atoms with E-state index in [1.165, 1.54) is 15.9 Å². The summed E-state index contributed by atoms with van der Waals surface area (Å²) in [6, 6.07) is 9.52. The van der Waals surface area contributed by atoms with Crippen LogP contribution in [0.25, 0.3) is 11.4 Å². The first kappa shape index (κ1) is 31.3. The molecule has 1 aliphatic heterocycles. The van der Waals surface area contributed by atoms with E-state index in [0.29, 0.717) is 23.8 Å². The molecule has 1 atom stereocenters. The number of hydrogen-bond donors (Lipinski definition) is 3. The third kappa shape index (κ3) is 9.13. The second-order valence-electron chi connectivity index (χ2n) is 10.2. The highest BCUT2D eigenvalue weighted by Gasteiger charge is 2.31. The number of carbonyl (C=O) groups excluding carboxylic acids is 3. The Bertz CT molecular complexity index is 1220. The van der Waals surface area contributed by atoms with E-state index >= 15 is 0 Å². The Morgan fingerprint density at radius 3 is 2.32 bits per heavy atom. The van der Waals surface area contributed by atoms with E-state index in [1.54, 1.807) is 14.0 Å². The third-order valence-electron chi connectivity index (χ3n) is 6.33. The Labute approximate surface area is 239 Å². The van der Waals surface area contributed by atoms with Crippen molar-refractivity contribution >= 4 is 29.7 Å². The number of aromatic nitrogens is 2. The van der Waals surface area contributed by atoms with Crippen LogP contribution in [-0.4, -0.2) is 107 Å². The summed E-state index contributed by atoms with van der Waals surface area (Å²) in [5.74, 6) is -1.48. The summed E-state index contributed by atoms with van der Waals surface area (Å²) in [4.78, 5) is 62.3. The zero-order valence-electron chi connectivity index (χ0n) is 23.9. The number of ether oxygens (including phenoxy) is 2. The van der Waals surface area contributed by atoms with Gasteiger partial charge in [-0.25, -0.2) is 14.8 Å². The number of methoxy groups -OCH3 is 1. The largest absolute Gasteiger partial charge is 0.481 e. The van der Waals surface area contributed by atoms with Crippen LogP contribution in [0, 0.1) is 0 Å². The van der Waals surface area contributed by atoms with E-state index in [0.717, 1.165) is 0 Å². The Morgan fingerprint density at radius 1 is 1.05 bits per heavy atom. The summed E-state index contributed by atoms with van der Waals surface area (Å²) in [6.07, 6.45) is -0.886. The van der Waals surface area contributed by atoms with E-state index in [2.05, 4.69) is 20.6 Å². The molecule has 1 saturated heterocycles. The van der Waals surface area contributed by atoms with Crippen LogP contribution in [0.15, 0.2) is 36.4 Å². The maximum atomic E-state index is 13.5. The smallest absolute Gasteiger partial charge is 0.409 e. The summed E-state index contributed by atoms with van der Waals surface area (Å²) in [5, 5.41) is 15.2. The molecule has 0 aliphatic carbocycles. The van der Waals surface area contributed by atoms with Crippen molar-refractivity contribution in [2.75, 3.05) is 51.8 Å². The van der Waals surface area contributed by atoms with E-state index in [1.807, 2.05) is 44.2 Å². The summed E-state index contributed by atoms with van der Waals surface area (Å²) in [5.41, 5.74) is 0.179. The fourth-order valence-electron chi connectivity index (χ4n) is 4.39. The Balaban J connectivity index is 1.84. The van der Waals surface area contributed by atoms with Gasteiger partial charge in [-0.15, -0.1) is 0 Å². The van der Waals surface area contributed by atoms with Crippen LogP contribution in [0.1, 0.15) is 44.1 Å². The zero-order valence-corrected chi connectivity index (χ0v) is 23.9. The highest BCUT2D eigenvalue weighted by Crippen LogP contribution is 2.21. The molecule has 222 valence electrons. The van der Waals surface area contributed by atoms with Crippen molar-refractivity contribution in [3.8, 4) is 11.4 Å². The fraction of sp³-hybridized carbons (Fsp3) is 0.500. The van der Waals surface area contributed by atoms with E-state index in [9.17, 15) is 24.3 Å². The first-order valence-electron chi connectivity index (χ1n) is 13.5. The summed E-state index contributed by atoms with van der Waals surface area (Å²) in [7, 11) is 1.59. The Hall–Kier alpha value is -4.26. The lowest BCUT2D eigenvalue weighted by Crippen LogP contribution is -2.56. The molecule has 3 rings (SSSR count). The van der Waals surface area contributed by atoms with Gasteiger partial charge in [-0.2, -0.15) is 0 Å². The van der Waals surface area contributed by atoms with Crippen LogP contribution in [0.3, 0.4) is 0 Å². The molecule has 0 bridgehead atoms. The third-order valence-corrected chi connectivity index (χ3v) is 6.33. The van der Waals surface area contributed by atoms with Crippen molar-refractivity contribution in [1.29, 1.82) is 0 Å². The highest BCUT2D eigenvalue weighted by molar-refractivity contribution is 5.97. The topological polar surface area (TPSA) is 163 Å². The van der Waals surface area contributed by atoms with Crippen molar-refractivity contribution < 1.29 is 33.8 Å². The van der Waals surface area contributed by atoms with Crippen molar-refractivity contribution in [2.45, 2.75) is 45.2 Å². The number of nitrogens with zero attached hydrogens (tertiary/aromatic N) is 4. The molecular formula is C28H38N6O7. The van der Waals surface area contributed by atoms with Gasteiger partial charge in [0.15, 0.2) is 5.82 Å². The van der Waals surface area contributed by atoms with E-state index in [4.69, 9.17) is 9.47 Å². The molecule has 0 unspecified atom stereocenters. The van der Waals surface area contributed by atoms with Crippen molar-refractivity contribution in [3.05, 3.63) is 42.1 Å². The molecule has 1 aromatic carbocycles. The number of rotatable bonds is 12. The Kier molecular flexibility index (Phi) is 11.0. The van der Waals surface area contributed by atoms with Crippen molar-refractivity contribution in [2.24, 2.45) is 0 Å². The number of carbonyl (C=O) groups is 4. The van der Waals surface area contributed by atoms with Gasteiger partial charge in [-0.1, -0.05) is 30.3 Å². The van der Waals surface area contributed by atoms with Crippen LogP contribution in [0.4, 0.5) is 10.6 Å². The molecule has 13 nitrogen and oxygen atoms in total. The average Bonchev–Trinajstić information content (AvgIpc) is 2.94. The number of nitrogens with one attached hydrogen (secondary N) is 2. The second-order valence-corrected chi connectivity index (χ2v) is 10.2. The number of carboxylic acids is 1. The minimum atomic E-state index is -1.11. The van der Waals surface area contributed by atoms with Gasteiger partial charge >= 0.3 is 12.1 Å². The van der Waals surface area contributed by atoms with Crippen LogP contribution in [-0.2, 0) is 19.1 Å². The summed E-state index contributed by atoms with van der Waals surface area (Å²) >= 11 is 0. The van der Waals surface area contributed by atoms with Gasteiger partial charge in [-0.05, 0) is 27.2 Å². The monoisotopic (exact) mass is 570 g/mol. The maximum absolute atomic E-state index is 13.5. The van der Waals surface area contributed by atoms with E-state index in [-0.39, 0.29) is 51.3 Å². The van der Waals surface area contributed by atoms with Crippen LogP contribution in [0.2, 0.25) is 0 Å². The molecule has 3 amide bonds. The average molecular weight is 571 g/mol. The standard InChI is InChI=1S/C28H38N6O7/c1-5-41-27(39)34-15-13-33(14-16-34)26(38)20(11-12-23(35)36)30-25(37)21-17-22(32-28(2,3)18-40-4)31-24(29-21)19-9-7-6-8-10-19/h6-10,17,20H,5,11-16,18H2,1-4H3,(H,30,37)(H,35,36)(H,29,31,32)/t20-/m0/s1. The first-order valence-corrected chi connectivity index (χ1v) is 13.5. The number of hydrogen-bond acceptors (Lipinski definition) is 9. The number of anilines is 1. The fourth-order valence-corrected chi connectivity index (χ4v) is 4.39. The maximum Gasteiger partial charge on any atom is 0.409 e. The molecule has 1 aliphatic rings. The van der Waals surface area contributed by atoms with Crippen LogP contribution >= 0.6 is 0 Å². The normalized spacial score (nSPS) is 14.2. The van der Waals surface area contributed by atoms with Gasteiger partial charge in [0.25, 0.3) is 5.91 Å². The van der Waals surface area contributed by atoms with Crippen LogP contribution < -0.4 is 10.6 Å². The molecule has 1 aromatic heterocycles. The van der Waals surface area contributed by atoms with Crippen molar-refractivity contribution in [3.63, 3.8) is 0 Å². The lowest BCUT2D eigenvalue weighted by Gasteiger charge is -2.35. The second kappa shape index (κ2) is 14.4. The molecule has 3 N–H and O–H groups in total. The van der Waals surface area contributed by atoms with Gasteiger partial charge in [0.05, 0.1) is 18.8 Å². The predicted octanol–water partition coefficient (Wildman–Crippen LogP) is 2.24. The number of benzene rings is 1. The SMILES string of the molecule is CCOC(=O)N1CCN(C(=O)[C@H](CCC(=O)O)NC(=O)c2cc(NC(C)(C)COC)nc(-c3ccccc3)n2)CC1. The minimum Gasteiger partial charge on any atom is -0.481 e. The molecule has 0 radical (unpaired) electrons. The number of carboxylic acid groups (broad SMARTS) is 1. The number of aliphatic carboxylic acids is 1. The summed E-state index contributed by atoms with van der Waals surface area (Å²) < 4.78 is 10.3. The number of amides is 3. The predicted molar refractivity (Wildman–Crippen MR) is 150 cm³/mol. The highest BCUT2D eigenvalue weighted by atomic mass is 16.6. The van der Waals surface area contributed by atoms with E-state index < -0.39 is 35.5 Å². The summed E-state index contributed by atoms with van der Waals surface area (Å²) in [6.45, 7) is 7.16. The van der Waals surface area contributed by atoms with Gasteiger partial charge in [0.1, 0.15) is 17.6 Å². The van der Waals surface area contributed by atoms with Crippen molar-refractivity contribution in [1.82, 2.24) is 25.1 Å². The molecule has 2 heterocycles. The molecule has 13 heteroatoms. The Morgan fingerprint density at radius 2 is 1.71 bits per heavy atom. The quantitative estimate of drug-likeness (QED) is 0.345. The number of piperazine rings is 1. The molecule has 0 spiro atoms. The molecule has 0 saturated carbocycles. The zero-order chi connectivity index (χ0) is 30.0. The first-order chi connectivity index (χ1) is 19.5. The lowest BCUT2D eigenvalue weighted by atomic mass is 10.1. The molecular weight excluding hydrogens is 532 g/mol. The van der Waals surface area contributed by atoms with Gasteiger partial charge in [0, 0.05) is 51.3 Å². The van der Waals surface area contributed by atoms with Gasteiger partial charge in [0.2, 0.25) is 5.91 Å². The van der Waals surface area contributed by atoms with Gasteiger partial charge < -0.3 is 35.0 Å². The lowest BCUT2D eigenvalue weighted by molar-refractivity contribution is -0.138. The molecule has 41 heavy (non-hydrogen) atoms.